The van der Waals surface area contributed by atoms with Gasteiger partial charge in [0.1, 0.15) is 0 Å². The second-order valence-corrected chi connectivity index (χ2v) is 5.30. The van der Waals surface area contributed by atoms with Crippen LogP contribution in [-0.2, 0) is 8.85 Å². The zero-order chi connectivity index (χ0) is 13.9. The summed E-state index contributed by atoms with van der Waals surface area (Å²) in [7, 11) is 2.73. The van der Waals surface area contributed by atoms with E-state index in [-0.39, 0.29) is 0 Å². The van der Waals surface area contributed by atoms with E-state index in [9.17, 15) is 0 Å². The summed E-state index contributed by atoms with van der Waals surface area (Å²) >= 11 is 0. The van der Waals surface area contributed by atoms with Crippen LogP contribution in [-0.4, -0.2) is 24.2 Å². The molecule has 2 aromatic rings. The van der Waals surface area contributed by atoms with Gasteiger partial charge in [0.05, 0.1) is 0 Å². The summed E-state index contributed by atoms with van der Waals surface area (Å²) in [6, 6.07) is 20.5. The van der Waals surface area contributed by atoms with Crippen LogP contribution in [0.5, 0.6) is 0 Å². The first-order valence-electron chi connectivity index (χ1n) is 6.07. The molecule has 0 amide bonds. The van der Waals surface area contributed by atoms with E-state index in [1.165, 1.54) is 11.1 Å². The lowest BCUT2D eigenvalue weighted by Crippen LogP contribution is -1.93. The molecule has 0 atom stereocenters. The highest BCUT2D eigenvalue weighted by atomic mass is 28.3. The second kappa shape index (κ2) is 9.27. The highest BCUT2D eigenvalue weighted by Crippen LogP contribution is 2.20. The van der Waals surface area contributed by atoms with Gasteiger partial charge < -0.3 is 8.85 Å². The molecule has 0 aliphatic carbocycles. The van der Waals surface area contributed by atoms with Gasteiger partial charge in [-0.25, -0.2) is 0 Å². The number of rotatable bonds is 4. The minimum atomic E-state index is -0.568. The van der Waals surface area contributed by atoms with Crippen LogP contribution in [0.15, 0.2) is 67.2 Å². The minimum Gasteiger partial charge on any atom is -0.402 e. The Bertz CT molecular complexity index is 425. The van der Waals surface area contributed by atoms with E-state index in [1.807, 2.05) is 36.4 Å². The molecule has 0 saturated carbocycles. The van der Waals surface area contributed by atoms with E-state index in [2.05, 4.69) is 39.7 Å². The lowest BCUT2D eigenvalue weighted by molar-refractivity contribution is 0.309. The Morgan fingerprint density at radius 2 is 1.16 bits per heavy atom. The van der Waals surface area contributed by atoms with Gasteiger partial charge in [-0.15, -0.1) is 0 Å². The maximum absolute atomic E-state index is 4.61. The van der Waals surface area contributed by atoms with Crippen molar-refractivity contribution >= 4 is 15.6 Å². The summed E-state index contributed by atoms with van der Waals surface area (Å²) in [6.45, 7) is 4.10. The van der Waals surface area contributed by atoms with Crippen LogP contribution in [0.1, 0.15) is 11.1 Å². The molecule has 2 aromatic carbocycles. The standard InChI is InChI=1S/C14H12.C2H8O2Si/c1-12(13-8-4-2-5-9-13)14-10-6-3-7-11-14;1-3-5-4-2/h2-11H,1H2;5H2,1-2H3. The zero-order valence-electron chi connectivity index (χ0n) is 11.5. The first kappa shape index (κ1) is 15.4. The van der Waals surface area contributed by atoms with Gasteiger partial charge in [0.2, 0.25) is 0 Å². The summed E-state index contributed by atoms with van der Waals surface area (Å²) in [6.07, 6.45) is 0. The van der Waals surface area contributed by atoms with Crippen LogP contribution in [0.25, 0.3) is 5.57 Å². The van der Waals surface area contributed by atoms with Gasteiger partial charge in [0.15, 0.2) is 0 Å². The van der Waals surface area contributed by atoms with E-state index >= 15 is 0 Å². The van der Waals surface area contributed by atoms with E-state index in [4.69, 9.17) is 0 Å². The molecule has 0 bridgehead atoms. The normalized spacial score (nSPS) is 9.37. The van der Waals surface area contributed by atoms with Crippen molar-refractivity contribution in [1.29, 1.82) is 0 Å². The number of benzene rings is 2. The van der Waals surface area contributed by atoms with Gasteiger partial charge in [-0.1, -0.05) is 67.2 Å². The summed E-state index contributed by atoms with van der Waals surface area (Å²) in [5.74, 6) is 0. The Balaban J connectivity index is 0.000000312. The molecular formula is C16H20O2Si. The largest absolute Gasteiger partial charge is 0.402 e. The summed E-state index contributed by atoms with van der Waals surface area (Å²) in [4.78, 5) is 0. The zero-order valence-corrected chi connectivity index (χ0v) is 12.9. The van der Waals surface area contributed by atoms with E-state index < -0.39 is 10.0 Å². The Kier molecular flexibility index (Phi) is 7.50. The molecule has 0 fully saturated rings. The van der Waals surface area contributed by atoms with E-state index in [0.717, 1.165) is 5.57 Å². The van der Waals surface area contributed by atoms with Gasteiger partial charge in [-0.2, -0.15) is 0 Å². The van der Waals surface area contributed by atoms with Crippen LogP contribution < -0.4 is 0 Å². The van der Waals surface area contributed by atoms with Crippen LogP contribution in [0, 0.1) is 0 Å². The van der Waals surface area contributed by atoms with Gasteiger partial charge in [0.25, 0.3) is 0 Å². The topological polar surface area (TPSA) is 18.5 Å². The molecule has 0 aromatic heterocycles. The monoisotopic (exact) mass is 272 g/mol. The van der Waals surface area contributed by atoms with Crippen molar-refractivity contribution in [2.75, 3.05) is 14.2 Å². The quantitative estimate of drug-likeness (QED) is 0.797. The van der Waals surface area contributed by atoms with Gasteiger partial charge >= 0.3 is 10.0 Å². The highest BCUT2D eigenvalue weighted by Gasteiger charge is 1.99. The first-order valence-corrected chi connectivity index (χ1v) is 7.22. The second-order valence-electron chi connectivity index (χ2n) is 3.91. The SMILES string of the molecule is C=C(c1ccccc1)c1ccccc1.CO[SiH2]OC. The predicted molar refractivity (Wildman–Crippen MR) is 83.6 cm³/mol. The predicted octanol–water partition coefficient (Wildman–Crippen LogP) is 3.03. The Labute approximate surface area is 117 Å². The van der Waals surface area contributed by atoms with E-state index in [0.29, 0.717) is 0 Å². The maximum Gasteiger partial charge on any atom is 0.303 e. The van der Waals surface area contributed by atoms with Crippen molar-refractivity contribution in [3.05, 3.63) is 78.4 Å². The van der Waals surface area contributed by atoms with Crippen molar-refractivity contribution in [1.82, 2.24) is 0 Å². The molecule has 19 heavy (non-hydrogen) atoms. The third-order valence-corrected chi connectivity index (χ3v) is 2.95. The molecule has 2 nitrogen and oxygen atoms in total. The fourth-order valence-electron chi connectivity index (χ4n) is 1.56. The van der Waals surface area contributed by atoms with Gasteiger partial charge in [-0.3, -0.25) is 0 Å². The van der Waals surface area contributed by atoms with Crippen molar-refractivity contribution in [3.63, 3.8) is 0 Å². The Morgan fingerprint density at radius 1 is 0.789 bits per heavy atom. The van der Waals surface area contributed by atoms with Crippen molar-refractivity contribution in [3.8, 4) is 0 Å². The first-order chi connectivity index (χ1) is 9.29. The molecule has 0 radical (unpaired) electrons. The average Bonchev–Trinajstić information content (AvgIpc) is 2.50. The number of hydrogen-bond donors (Lipinski definition) is 0. The van der Waals surface area contributed by atoms with Crippen LogP contribution in [0.3, 0.4) is 0 Å². The molecule has 100 valence electrons. The van der Waals surface area contributed by atoms with E-state index in [1.54, 1.807) is 14.2 Å². The Hall–Kier alpha value is -1.68. The summed E-state index contributed by atoms with van der Waals surface area (Å²) < 4.78 is 9.22. The van der Waals surface area contributed by atoms with Crippen molar-refractivity contribution in [2.24, 2.45) is 0 Å². The molecule has 0 aliphatic heterocycles. The third-order valence-electron chi connectivity index (χ3n) is 2.48. The third kappa shape index (κ3) is 5.66. The molecule has 0 N–H and O–H groups in total. The lowest BCUT2D eigenvalue weighted by Gasteiger charge is -2.04. The van der Waals surface area contributed by atoms with Gasteiger partial charge in [-0.05, 0) is 16.7 Å². The molecular weight excluding hydrogens is 252 g/mol. The van der Waals surface area contributed by atoms with Crippen LogP contribution in [0.4, 0.5) is 0 Å². The van der Waals surface area contributed by atoms with Crippen molar-refractivity contribution in [2.45, 2.75) is 0 Å². The lowest BCUT2D eigenvalue weighted by atomic mass is 10.0. The van der Waals surface area contributed by atoms with Crippen LogP contribution >= 0.6 is 0 Å². The smallest absolute Gasteiger partial charge is 0.303 e. The molecule has 0 spiro atoms. The molecule has 0 unspecified atom stereocenters. The maximum atomic E-state index is 4.61. The highest BCUT2D eigenvalue weighted by molar-refractivity contribution is 6.17. The minimum absolute atomic E-state index is 0.568. The fraction of sp³-hybridized carbons (Fsp3) is 0.125. The molecule has 0 saturated heterocycles. The molecule has 3 heteroatoms. The molecule has 2 rings (SSSR count). The fourth-order valence-corrected chi connectivity index (χ4v) is 1.80. The van der Waals surface area contributed by atoms with Crippen molar-refractivity contribution < 1.29 is 8.85 Å². The van der Waals surface area contributed by atoms with Crippen LogP contribution in [0.2, 0.25) is 0 Å². The summed E-state index contributed by atoms with van der Waals surface area (Å²) in [5, 5.41) is 0. The number of hydrogen-bond acceptors (Lipinski definition) is 2. The summed E-state index contributed by atoms with van der Waals surface area (Å²) in [5.41, 5.74) is 3.43. The average molecular weight is 272 g/mol. The Morgan fingerprint density at radius 3 is 1.42 bits per heavy atom. The molecule has 0 aliphatic rings. The molecule has 0 heterocycles. The van der Waals surface area contributed by atoms with Gasteiger partial charge in [0, 0.05) is 14.2 Å².